The van der Waals surface area contributed by atoms with E-state index in [-0.39, 0.29) is 11.7 Å². The zero-order valence-electron chi connectivity index (χ0n) is 20.2. The maximum atomic E-state index is 14.0. The van der Waals surface area contributed by atoms with Crippen LogP contribution in [-0.2, 0) is 6.42 Å². The third kappa shape index (κ3) is 3.87. The average Bonchev–Trinajstić information content (AvgIpc) is 3.01. The van der Waals surface area contributed by atoms with Gasteiger partial charge in [-0.2, -0.15) is 0 Å². The van der Waals surface area contributed by atoms with E-state index >= 15 is 0 Å². The monoisotopic (exact) mass is 464 g/mol. The van der Waals surface area contributed by atoms with Gasteiger partial charge in [0.1, 0.15) is 23.0 Å². The van der Waals surface area contributed by atoms with E-state index < -0.39 is 0 Å². The van der Waals surface area contributed by atoms with Crippen LogP contribution in [0.1, 0.15) is 38.5 Å². The molecule has 0 radical (unpaired) electrons. The Morgan fingerprint density at radius 3 is 1.88 bits per heavy atom. The number of ether oxygens (including phenoxy) is 6. The molecule has 0 bridgehead atoms. The van der Waals surface area contributed by atoms with Gasteiger partial charge >= 0.3 is 0 Å². The second-order valence-corrected chi connectivity index (χ2v) is 7.85. The summed E-state index contributed by atoms with van der Waals surface area (Å²) in [6, 6.07) is 12.9. The van der Waals surface area contributed by atoms with Crippen molar-refractivity contribution in [3.8, 4) is 34.5 Å². The molecule has 1 atom stereocenters. The molecular weight excluding hydrogens is 436 g/mol. The minimum atomic E-state index is -0.224. The summed E-state index contributed by atoms with van der Waals surface area (Å²) in [5, 5.41) is 0. The molecule has 3 aromatic rings. The van der Waals surface area contributed by atoms with Crippen molar-refractivity contribution in [1.82, 2.24) is 0 Å². The molecule has 3 aromatic carbocycles. The first-order valence-corrected chi connectivity index (χ1v) is 10.8. The van der Waals surface area contributed by atoms with E-state index in [1.54, 1.807) is 60.9 Å². The highest BCUT2D eigenvalue weighted by Gasteiger charge is 2.34. The summed E-state index contributed by atoms with van der Waals surface area (Å²) in [4.78, 5) is 14.0. The lowest BCUT2D eigenvalue weighted by molar-refractivity contribution is 0.103. The molecule has 7 heteroatoms. The molecule has 0 aliphatic heterocycles. The van der Waals surface area contributed by atoms with Gasteiger partial charge in [0.15, 0.2) is 17.3 Å². The van der Waals surface area contributed by atoms with E-state index in [4.69, 9.17) is 28.4 Å². The Kier molecular flexibility index (Phi) is 6.54. The molecule has 0 heterocycles. The zero-order valence-corrected chi connectivity index (χ0v) is 20.2. The molecule has 0 saturated carbocycles. The lowest BCUT2D eigenvalue weighted by atomic mass is 9.84. The summed E-state index contributed by atoms with van der Waals surface area (Å²) in [6.07, 6.45) is 0.514. The molecule has 4 rings (SSSR count). The van der Waals surface area contributed by atoms with E-state index in [9.17, 15) is 4.79 Å². The molecule has 1 aliphatic rings. The summed E-state index contributed by atoms with van der Waals surface area (Å²) >= 11 is 0. The van der Waals surface area contributed by atoms with Gasteiger partial charge in [-0.1, -0.05) is 6.07 Å². The number of benzene rings is 3. The van der Waals surface area contributed by atoms with Gasteiger partial charge in [-0.15, -0.1) is 0 Å². The van der Waals surface area contributed by atoms with E-state index in [2.05, 4.69) is 0 Å². The maximum Gasteiger partial charge on any atom is 0.197 e. The first-order valence-electron chi connectivity index (χ1n) is 10.8. The highest BCUT2D eigenvalue weighted by molar-refractivity contribution is 6.14. The maximum absolute atomic E-state index is 14.0. The minimum Gasteiger partial charge on any atom is -0.497 e. The van der Waals surface area contributed by atoms with Gasteiger partial charge in [0.2, 0.25) is 0 Å². The van der Waals surface area contributed by atoms with Crippen LogP contribution >= 0.6 is 0 Å². The molecule has 0 fully saturated rings. The van der Waals surface area contributed by atoms with Crippen LogP contribution in [0.5, 0.6) is 34.5 Å². The lowest BCUT2D eigenvalue weighted by Gasteiger charge is -2.22. The molecule has 0 amide bonds. The molecule has 0 saturated heterocycles. The minimum absolute atomic E-state index is 0.162. The fourth-order valence-corrected chi connectivity index (χ4v) is 4.59. The molecule has 178 valence electrons. The molecule has 0 aromatic heterocycles. The third-order valence-electron chi connectivity index (χ3n) is 6.24. The van der Waals surface area contributed by atoms with Crippen LogP contribution in [0.15, 0.2) is 42.5 Å². The second-order valence-electron chi connectivity index (χ2n) is 7.85. The summed E-state index contributed by atoms with van der Waals surface area (Å²) in [5.41, 5.74) is 3.54. The highest BCUT2D eigenvalue weighted by Crippen LogP contribution is 2.46. The summed E-state index contributed by atoms with van der Waals surface area (Å²) < 4.78 is 33.3. The van der Waals surface area contributed by atoms with Crippen molar-refractivity contribution in [3.05, 3.63) is 70.3 Å². The highest BCUT2D eigenvalue weighted by atomic mass is 16.5. The number of ketones is 1. The van der Waals surface area contributed by atoms with Gasteiger partial charge in [0.05, 0.1) is 48.2 Å². The number of fused-ring (bicyclic) bond motifs is 2. The van der Waals surface area contributed by atoms with Gasteiger partial charge in [-0.25, -0.2) is 0 Å². The number of rotatable bonds is 7. The summed E-state index contributed by atoms with van der Waals surface area (Å²) in [6.45, 7) is 0. The standard InChI is InChI=1S/C27H28O7/c1-29-17-9-16-10-19(15-7-8-21(31-3)22(11-15)32-4)26-20(12-18(30-2)14-24(26)34-6)27(28)25(16)23(13-17)33-5/h7-9,11-14,19H,10H2,1-6H3/t19-/m0/s1. The molecule has 0 unspecified atom stereocenters. The molecule has 1 aliphatic carbocycles. The number of hydrogen-bond acceptors (Lipinski definition) is 7. The van der Waals surface area contributed by atoms with Crippen LogP contribution in [0, 0.1) is 0 Å². The van der Waals surface area contributed by atoms with E-state index in [0.29, 0.717) is 52.0 Å². The molecular formula is C27H28O7. The summed E-state index contributed by atoms with van der Waals surface area (Å²) in [5.74, 6) is 3.02. The molecule has 34 heavy (non-hydrogen) atoms. The van der Waals surface area contributed by atoms with Gasteiger partial charge in [-0.3, -0.25) is 4.79 Å². The predicted molar refractivity (Wildman–Crippen MR) is 128 cm³/mol. The van der Waals surface area contributed by atoms with E-state index in [0.717, 1.165) is 16.7 Å². The first-order chi connectivity index (χ1) is 16.5. The fourth-order valence-electron chi connectivity index (χ4n) is 4.59. The van der Waals surface area contributed by atoms with Crippen molar-refractivity contribution in [2.75, 3.05) is 42.7 Å². The first kappa shape index (κ1) is 23.3. The number of methoxy groups -OCH3 is 6. The quantitative estimate of drug-likeness (QED) is 0.504. The molecule has 0 N–H and O–H groups in total. The van der Waals surface area contributed by atoms with Gasteiger partial charge in [0, 0.05) is 29.2 Å². The predicted octanol–water partition coefficient (Wildman–Crippen LogP) is 4.66. The van der Waals surface area contributed by atoms with Crippen molar-refractivity contribution >= 4 is 5.78 Å². The topological polar surface area (TPSA) is 72.5 Å². The van der Waals surface area contributed by atoms with E-state index in [1.165, 1.54) is 0 Å². The van der Waals surface area contributed by atoms with Crippen molar-refractivity contribution in [1.29, 1.82) is 0 Å². The van der Waals surface area contributed by atoms with Crippen molar-refractivity contribution in [2.24, 2.45) is 0 Å². The van der Waals surface area contributed by atoms with Crippen molar-refractivity contribution in [3.63, 3.8) is 0 Å². The number of hydrogen-bond donors (Lipinski definition) is 0. The Morgan fingerprint density at radius 2 is 1.26 bits per heavy atom. The van der Waals surface area contributed by atoms with Crippen molar-refractivity contribution < 1.29 is 33.2 Å². The van der Waals surface area contributed by atoms with Crippen LogP contribution in [-0.4, -0.2) is 48.4 Å². The van der Waals surface area contributed by atoms with Crippen LogP contribution in [0.3, 0.4) is 0 Å². The Labute approximate surface area is 199 Å². The average molecular weight is 465 g/mol. The number of carbonyl (C=O) groups excluding carboxylic acids is 1. The second kappa shape index (κ2) is 9.55. The lowest BCUT2D eigenvalue weighted by Crippen LogP contribution is -2.10. The summed E-state index contributed by atoms with van der Waals surface area (Å²) in [7, 11) is 9.49. The van der Waals surface area contributed by atoms with Crippen LogP contribution in [0.25, 0.3) is 0 Å². The SMILES string of the molecule is COc1cc2c(c(OC)c1)C(=O)c1cc(OC)cc(OC)c1[C@H](c1ccc(OC)c(OC)c1)C2. The fraction of sp³-hybridized carbons (Fsp3) is 0.296. The smallest absolute Gasteiger partial charge is 0.197 e. The largest absolute Gasteiger partial charge is 0.497 e. The molecule has 0 spiro atoms. The van der Waals surface area contributed by atoms with Crippen LogP contribution < -0.4 is 28.4 Å². The Hall–Kier alpha value is -3.87. The van der Waals surface area contributed by atoms with Gasteiger partial charge in [0.25, 0.3) is 0 Å². The molecule has 7 nitrogen and oxygen atoms in total. The number of carbonyl (C=O) groups is 1. The zero-order chi connectivity index (χ0) is 24.4. The van der Waals surface area contributed by atoms with Gasteiger partial charge in [-0.05, 0) is 41.8 Å². The normalized spacial score (nSPS) is 14.4. The van der Waals surface area contributed by atoms with Gasteiger partial charge < -0.3 is 28.4 Å². The van der Waals surface area contributed by atoms with Crippen molar-refractivity contribution in [2.45, 2.75) is 12.3 Å². The van der Waals surface area contributed by atoms with Crippen LogP contribution in [0.2, 0.25) is 0 Å². The Morgan fingerprint density at radius 1 is 0.647 bits per heavy atom. The Bertz CT molecular complexity index is 1230. The van der Waals surface area contributed by atoms with E-state index in [1.807, 2.05) is 24.3 Å². The Balaban J connectivity index is 2.05. The van der Waals surface area contributed by atoms with Crippen LogP contribution in [0.4, 0.5) is 0 Å². The third-order valence-corrected chi connectivity index (χ3v) is 6.24.